The van der Waals surface area contributed by atoms with Crippen molar-refractivity contribution in [2.45, 2.75) is 46.2 Å². The van der Waals surface area contributed by atoms with Crippen LogP contribution in [0.2, 0.25) is 0 Å². The van der Waals surface area contributed by atoms with Gasteiger partial charge < -0.3 is 10.4 Å². The molecule has 0 rings (SSSR count). The lowest BCUT2D eigenvalue weighted by molar-refractivity contribution is 0.200. The summed E-state index contributed by atoms with van der Waals surface area (Å²) in [7, 11) is 0. The number of rotatable bonds is 5. The minimum absolute atomic E-state index is 0.238. The van der Waals surface area contributed by atoms with Crippen molar-refractivity contribution < 1.29 is 5.11 Å². The van der Waals surface area contributed by atoms with Crippen molar-refractivity contribution in [2.24, 2.45) is 5.92 Å². The quantitative estimate of drug-likeness (QED) is 0.635. The van der Waals surface area contributed by atoms with Crippen molar-refractivity contribution in [1.82, 2.24) is 5.32 Å². The lowest BCUT2D eigenvalue weighted by Crippen LogP contribution is -2.42. The van der Waals surface area contributed by atoms with Crippen molar-refractivity contribution in [3.63, 3.8) is 0 Å². The van der Waals surface area contributed by atoms with Crippen LogP contribution in [0, 0.1) is 5.92 Å². The summed E-state index contributed by atoms with van der Waals surface area (Å²) >= 11 is 0. The highest BCUT2D eigenvalue weighted by molar-refractivity contribution is 4.72. The van der Waals surface area contributed by atoms with Gasteiger partial charge in [0.1, 0.15) is 0 Å². The number of hydrogen-bond donors (Lipinski definition) is 2. The molecular formula is C9H21NO. The van der Waals surface area contributed by atoms with E-state index >= 15 is 0 Å². The second-order valence-electron chi connectivity index (χ2n) is 3.51. The van der Waals surface area contributed by atoms with E-state index in [-0.39, 0.29) is 12.6 Å². The molecule has 11 heavy (non-hydrogen) atoms. The van der Waals surface area contributed by atoms with Gasteiger partial charge in [-0.2, -0.15) is 0 Å². The van der Waals surface area contributed by atoms with E-state index < -0.39 is 0 Å². The molecule has 2 atom stereocenters. The van der Waals surface area contributed by atoms with E-state index in [4.69, 9.17) is 5.11 Å². The van der Waals surface area contributed by atoms with E-state index in [1.165, 1.54) is 0 Å². The van der Waals surface area contributed by atoms with Gasteiger partial charge in [-0.3, -0.25) is 0 Å². The fraction of sp³-hybridized carbons (Fsp3) is 1.00. The molecule has 0 saturated carbocycles. The third kappa shape index (κ3) is 4.38. The summed E-state index contributed by atoms with van der Waals surface area (Å²) in [5, 5.41) is 12.3. The molecule has 2 unspecified atom stereocenters. The normalized spacial score (nSPS) is 16.9. The predicted molar refractivity (Wildman–Crippen MR) is 48.6 cm³/mol. The van der Waals surface area contributed by atoms with Gasteiger partial charge in [0.05, 0.1) is 6.61 Å². The number of aliphatic hydroxyl groups is 1. The second kappa shape index (κ2) is 5.56. The van der Waals surface area contributed by atoms with Crippen LogP contribution in [0.3, 0.4) is 0 Å². The van der Waals surface area contributed by atoms with Crippen molar-refractivity contribution in [1.29, 1.82) is 0 Å². The van der Waals surface area contributed by atoms with Gasteiger partial charge in [0, 0.05) is 12.1 Å². The monoisotopic (exact) mass is 159 g/mol. The first-order valence-electron chi connectivity index (χ1n) is 4.48. The summed E-state index contributed by atoms with van der Waals surface area (Å²) in [6, 6.07) is 0.763. The molecule has 0 aliphatic rings. The molecule has 0 radical (unpaired) electrons. The highest BCUT2D eigenvalue weighted by Crippen LogP contribution is 2.02. The molecule has 0 saturated heterocycles. The fourth-order valence-corrected chi connectivity index (χ4v) is 0.939. The zero-order chi connectivity index (χ0) is 8.85. The zero-order valence-electron chi connectivity index (χ0n) is 8.09. The molecule has 0 aromatic carbocycles. The Morgan fingerprint density at radius 1 is 1.27 bits per heavy atom. The van der Waals surface area contributed by atoms with Gasteiger partial charge in [0.25, 0.3) is 0 Å². The first kappa shape index (κ1) is 10.9. The molecule has 2 heteroatoms. The summed E-state index contributed by atoms with van der Waals surface area (Å²) in [6.07, 6.45) is 1.11. The Hall–Kier alpha value is -0.0800. The minimum Gasteiger partial charge on any atom is -0.395 e. The Morgan fingerprint density at radius 3 is 2.09 bits per heavy atom. The van der Waals surface area contributed by atoms with Gasteiger partial charge in [-0.1, -0.05) is 20.8 Å². The van der Waals surface area contributed by atoms with Crippen molar-refractivity contribution in [3.05, 3.63) is 0 Å². The van der Waals surface area contributed by atoms with Crippen molar-refractivity contribution >= 4 is 0 Å². The average molecular weight is 159 g/mol. The Morgan fingerprint density at radius 2 is 1.82 bits per heavy atom. The molecule has 0 aliphatic carbocycles. The second-order valence-corrected chi connectivity index (χ2v) is 3.51. The highest BCUT2D eigenvalue weighted by Gasteiger charge is 2.12. The predicted octanol–water partition coefficient (Wildman–Crippen LogP) is 1.39. The van der Waals surface area contributed by atoms with Crippen LogP contribution in [0.25, 0.3) is 0 Å². The molecule has 0 spiro atoms. The van der Waals surface area contributed by atoms with Crippen molar-refractivity contribution in [2.75, 3.05) is 6.61 Å². The molecule has 0 heterocycles. The van der Waals surface area contributed by atoms with Crippen LogP contribution < -0.4 is 5.32 Å². The van der Waals surface area contributed by atoms with Crippen LogP contribution in [0.4, 0.5) is 0 Å². The van der Waals surface area contributed by atoms with E-state index in [1.54, 1.807) is 0 Å². The third-order valence-corrected chi connectivity index (χ3v) is 2.11. The first-order chi connectivity index (χ1) is 5.11. The Kier molecular flexibility index (Phi) is 5.51. The maximum atomic E-state index is 8.98. The van der Waals surface area contributed by atoms with Gasteiger partial charge in [-0.25, -0.2) is 0 Å². The molecule has 0 fully saturated rings. The van der Waals surface area contributed by atoms with Crippen LogP contribution in [0.5, 0.6) is 0 Å². The Balaban J connectivity index is 3.68. The fourth-order valence-electron chi connectivity index (χ4n) is 0.939. The lowest BCUT2D eigenvalue weighted by atomic mass is 10.0. The SMILES string of the molecule is CCC(C)NC(CO)C(C)C. The molecule has 0 aromatic heterocycles. The van der Waals surface area contributed by atoms with E-state index in [1.807, 2.05) is 0 Å². The summed E-state index contributed by atoms with van der Waals surface area (Å²) in [6.45, 7) is 8.77. The summed E-state index contributed by atoms with van der Waals surface area (Å²) in [5.41, 5.74) is 0. The van der Waals surface area contributed by atoms with E-state index in [9.17, 15) is 0 Å². The maximum absolute atomic E-state index is 8.98. The molecule has 68 valence electrons. The van der Waals surface area contributed by atoms with E-state index in [0.29, 0.717) is 12.0 Å². The largest absolute Gasteiger partial charge is 0.395 e. The van der Waals surface area contributed by atoms with Crippen LogP contribution in [-0.2, 0) is 0 Å². The average Bonchev–Trinajstić information content (AvgIpc) is 1.99. The van der Waals surface area contributed by atoms with Gasteiger partial charge >= 0.3 is 0 Å². The lowest BCUT2D eigenvalue weighted by Gasteiger charge is -2.23. The summed E-state index contributed by atoms with van der Waals surface area (Å²) < 4.78 is 0. The molecule has 0 bridgehead atoms. The molecule has 0 aromatic rings. The highest BCUT2D eigenvalue weighted by atomic mass is 16.3. The van der Waals surface area contributed by atoms with Gasteiger partial charge in [-0.15, -0.1) is 0 Å². The van der Waals surface area contributed by atoms with Gasteiger partial charge in [0.15, 0.2) is 0 Å². The van der Waals surface area contributed by atoms with Gasteiger partial charge in [-0.05, 0) is 19.3 Å². The molecule has 2 N–H and O–H groups in total. The summed E-state index contributed by atoms with van der Waals surface area (Å²) in [4.78, 5) is 0. The first-order valence-corrected chi connectivity index (χ1v) is 4.48. The van der Waals surface area contributed by atoms with Crippen LogP contribution in [0.15, 0.2) is 0 Å². The topological polar surface area (TPSA) is 32.3 Å². The molecule has 2 nitrogen and oxygen atoms in total. The third-order valence-electron chi connectivity index (χ3n) is 2.11. The Bertz CT molecular complexity index is 93.6. The Labute approximate surface area is 70.0 Å². The van der Waals surface area contributed by atoms with Crippen molar-refractivity contribution in [3.8, 4) is 0 Å². The number of nitrogens with one attached hydrogen (secondary N) is 1. The van der Waals surface area contributed by atoms with Crippen LogP contribution >= 0.6 is 0 Å². The summed E-state index contributed by atoms with van der Waals surface area (Å²) in [5.74, 6) is 0.508. The zero-order valence-corrected chi connectivity index (χ0v) is 8.09. The van der Waals surface area contributed by atoms with E-state index in [2.05, 4.69) is 33.0 Å². The maximum Gasteiger partial charge on any atom is 0.0587 e. The number of hydrogen-bond acceptors (Lipinski definition) is 2. The molecule has 0 amide bonds. The van der Waals surface area contributed by atoms with Crippen LogP contribution in [0.1, 0.15) is 34.1 Å². The van der Waals surface area contributed by atoms with Crippen LogP contribution in [-0.4, -0.2) is 23.8 Å². The smallest absolute Gasteiger partial charge is 0.0587 e. The standard InChI is InChI=1S/C9H21NO/c1-5-8(4)10-9(6-11)7(2)3/h7-11H,5-6H2,1-4H3. The number of aliphatic hydroxyl groups excluding tert-OH is 1. The van der Waals surface area contributed by atoms with Gasteiger partial charge in [0.2, 0.25) is 0 Å². The molecule has 0 aliphatic heterocycles. The molecular weight excluding hydrogens is 138 g/mol. The minimum atomic E-state index is 0.238. The van der Waals surface area contributed by atoms with E-state index in [0.717, 1.165) is 6.42 Å².